The number of fused-ring (bicyclic) bond motifs is 8. The maximum absolute atomic E-state index is 5.66. The Kier molecular flexibility index (Phi) is 1.29. The van der Waals surface area contributed by atoms with Crippen molar-refractivity contribution in [2.45, 2.75) is 25.7 Å². The van der Waals surface area contributed by atoms with E-state index in [0.717, 1.165) is 48.7 Å². The van der Waals surface area contributed by atoms with Crippen LogP contribution in [0.2, 0.25) is 0 Å². The quantitative estimate of drug-likeness (QED) is 0.553. The largest absolute Gasteiger partial charge is 0.381 e. The highest BCUT2D eigenvalue weighted by atomic mass is 16.5. The Morgan fingerprint density at radius 2 is 1.31 bits per heavy atom. The summed E-state index contributed by atoms with van der Waals surface area (Å²) >= 11 is 0. The van der Waals surface area contributed by atoms with E-state index in [1.165, 1.54) is 6.42 Å². The first kappa shape index (κ1) is 7.28. The first-order valence-electron chi connectivity index (χ1n) is 6.03. The molecule has 1 heteroatoms. The predicted molar refractivity (Wildman–Crippen MR) is 50.2 cm³/mol. The van der Waals surface area contributed by atoms with Gasteiger partial charge in [-0.3, -0.25) is 0 Å². The minimum absolute atomic E-state index is 0.990. The molecule has 1 saturated heterocycles. The average molecular weight is 178 g/mol. The van der Waals surface area contributed by atoms with E-state index in [1.54, 1.807) is 19.3 Å². The Hall–Kier alpha value is -0.0400. The number of ether oxygens (including phenoxy) is 1. The molecule has 4 aliphatic rings. The molecule has 6 unspecified atom stereocenters. The van der Waals surface area contributed by atoms with Crippen molar-refractivity contribution < 1.29 is 4.74 Å². The van der Waals surface area contributed by atoms with Gasteiger partial charge in [0.1, 0.15) is 0 Å². The predicted octanol–water partition coefficient (Wildman–Crippen LogP) is 2.32. The second-order valence-electron chi connectivity index (χ2n) is 5.69. The van der Waals surface area contributed by atoms with Crippen molar-refractivity contribution in [3.63, 3.8) is 0 Å². The van der Waals surface area contributed by atoms with E-state index in [1.807, 2.05) is 0 Å². The van der Waals surface area contributed by atoms with Crippen LogP contribution in [0.4, 0.5) is 0 Å². The van der Waals surface area contributed by atoms with Crippen LogP contribution in [-0.4, -0.2) is 13.2 Å². The van der Waals surface area contributed by atoms with Gasteiger partial charge in [-0.25, -0.2) is 0 Å². The molecule has 0 aromatic heterocycles. The molecule has 0 spiro atoms. The number of rotatable bonds is 0. The van der Waals surface area contributed by atoms with Gasteiger partial charge in [0.05, 0.1) is 13.2 Å². The lowest BCUT2D eigenvalue weighted by Crippen LogP contribution is -2.31. The van der Waals surface area contributed by atoms with Crippen molar-refractivity contribution in [1.82, 2.24) is 0 Å². The molecule has 1 nitrogen and oxygen atoms in total. The summed E-state index contributed by atoms with van der Waals surface area (Å²) in [4.78, 5) is 0. The summed E-state index contributed by atoms with van der Waals surface area (Å²) in [6.45, 7) is 2.21. The second kappa shape index (κ2) is 2.31. The van der Waals surface area contributed by atoms with E-state index in [-0.39, 0.29) is 0 Å². The van der Waals surface area contributed by atoms with Crippen LogP contribution in [0.1, 0.15) is 25.7 Å². The van der Waals surface area contributed by atoms with Gasteiger partial charge in [0, 0.05) is 0 Å². The fraction of sp³-hybridized carbons (Fsp3) is 1.00. The molecule has 13 heavy (non-hydrogen) atoms. The van der Waals surface area contributed by atoms with Gasteiger partial charge >= 0.3 is 0 Å². The van der Waals surface area contributed by atoms with Crippen molar-refractivity contribution in [3.8, 4) is 0 Å². The van der Waals surface area contributed by atoms with Crippen LogP contribution >= 0.6 is 0 Å². The zero-order valence-electron chi connectivity index (χ0n) is 8.11. The van der Waals surface area contributed by atoms with Crippen molar-refractivity contribution in [2.75, 3.05) is 13.2 Å². The average Bonchev–Trinajstić information content (AvgIpc) is 2.81. The van der Waals surface area contributed by atoms with E-state index in [0.29, 0.717) is 0 Å². The molecule has 3 aliphatic carbocycles. The molecule has 0 aromatic rings. The Balaban J connectivity index is 1.72. The zero-order chi connectivity index (χ0) is 8.41. The van der Waals surface area contributed by atoms with E-state index in [4.69, 9.17) is 4.74 Å². The molecule has 4 fully saturated rings. The smallest absolute Gasteiger partial charge is 0.0500 e. The highest BCUT2D eigenvalue weighted by Crippen LogP contribution is 2.64. The first-order valence-corrected chi connectivity index (χ1v) is 6.03. The van der Waals surface area contributed by atoms with Gasteiger partial charge in [0.2, 0.25) is 0 Å². The highest BCUT2D eigenvalue weighted by molar-refractivity contribution is 5.08. The van der Waals surface area contributed by atoms with Crippen LogP contribution in [-0.2, 0) is 4.74 Å². The van der Waals surface area contributed by atoms with Crippen LogP contribution < -0.4 is 0 Å². The molecule has 1 heterocycles. The van der Waals surface area contributed by atoms with Crippen molar-refractivity contribution in [1.29, 1.82) is 0 Å². The lowest BCUT2D eigenvalue weighted by molar-refractivity contribution is 0.153. The fourth-order valence-corrected chi connectivity index (χ4v) is 5.20. The summed E-state index contributed by atoms with van der Waals surface area (Å²) in [5.41, 5.74) is 0. The summed E-state index contributed by atoms with van der Waals surface area (Å²) in [6, 6.07) is 0. The Bertz CT molecular complexity index is 193. The minimum Gasteiger partial charge on any atom is -0.381 e. The van der Waals surface area contributed by atoms with E-state index in [2.05, 4.69) is 0 Å². The van der Waals surface area contributed by atoms with Crippen molar-refractivity contribution in [2.24, 2.45) is 35.5 Å². The van der Waals surface area contributed by atoms with Gasteiger partial charge in [0.15, 0.2) is 0 Å². The molecule has 0 radical (unpaired) electrons. The maximum atomic E-state index is 5.66. The van der Waals surface area contributed by atoms with Crippen molar-refractivity contribution in [3.05, 3.63) is 0 Å². The monoisotopic (exact) mass is 178 g/mol. The minimum atomic E-state index is 0.990. The van der Waals surface area contributed by atoms with Gasteiger partial charge in [-0.05, 0) is 54.8 Å². The van der Waals surface area contributed by atoms with Gasteiger partial charge in [-0.1, -0.05) is 6.42 Å². The number of hydrogen-bond acceptors (Lipinski definition) is 1. The first-order chi connectivity index (χ1) is 6.45. The Labute approximate surface area is 79.8 Å². The standard InChI is InChI=1S/C12H18O/c1-2-7-8(3-1)10-4-9(7)11-5-13-6-12(10)11/h7-12H,1-6H2. The summed E-state index contributed by atoms with van der Waals surface area (Å²) in [5.74, 6) is 6.42. The third-order valence-electron chi connectivity index (χ3n) is 5.54. The molecular weight excluding hydrogens is 160 g/mol. The van der Waals surface area contributed by atoms with Crippen LogP contribution in [0.15, 0.2) is 0 Å². The molecule has 4 rings (SSSR count). The van der Waals surface area contributed by atoms with Crippen LogP contribution in [0, 0.1) is 35.5 Å². The molecule has 3 saturated carbocycles. The molecule has 6 atom stereocenters. The topological polar surface area (TPSA) is 9.23 Å². The van der Waals surface area contributed by atoms with Crippen LogP contribution in [0.5, 0.6) is 0 Å². The molecular formula is C12H18O. The molecule has 72 valence electrons. The van der Waals surface area contributed by atoms with E-state index in [9.17, 15) is 0 Å². The molecule has 2 bridgehead atoms. The van der Waals surface area contributed by atoms with Gasteiger partial charge in [-0.15, -0.1) is 0 Å². The molecule has 0 aromatic carbocycles. The highest BCUT2D eigenvalue weighted by Gasteiger charge is 2.60. The summed E-state index contributed by atoms with van der Waals surface area (Å²) in [5, 5.41) is 0. The van der Waals surface area contributed by atoms with Gasteiger partial charge < -0.3 is 4.74 Å². The third-order valence-corrected chi connectivity index (χ3v) is 5.54. The fourth-order valence-electron chi connectivity index (χ4n) is 5.20. The van der Waals surface area contributed by atoms with E-state index < -0.39 is 0 Å². The van der Waals surface area contributed by atoms with Gasteiger partial charge in [0.25, 0.3) is 0 Å². The normalized spacial score (nSPS) is 62.8. The lowest BCUT2D eigenvalue weighted by Gasteiger charge is -2.32. The Morgan fingerprint density at radius 3 is 1.92 bits per heavy atom. The van der Waals surface area contributed by atoms with Gasteiger partial charge in [-0.2, -0.15) is 0 Å². The van der Waals surface area contributed by atoms with Crippen molar-refractivity contribution >= 4 is 0 Å². The zero-order valence-corrected chi connectivity index (χ0v) is 8.11. The van der Waals surface area contributed by atoms with E-state index >= 15 is 0 Å². The maximum Gasteiger partial charge on any atom is 0.0500 e. The Morgan fingerprint density at radius 1 is 0.692 bits per heavy atom. The lowest BCUT2D eigenvalue weighted by atomic mass is 9.71. The number of hydrogen-bond donors (Lipinski definition) is 0. The molecule has 0 N–H and O–H groups in total. The summed E-state index contributed by atoms with van der Waals surface area (Å²) in [6.07, 6.45) is 6.21. The summed E-state index contributed by atoms with van der Waals surface area (Å²) < 4.78 is 5.66. The van der Waals surface area contributed by atoms with Crippen LogP contribution in [0.25, 0.3) is 0 Å². The summed E-state index contributed by atoms with van der Waals surface area (Å²) in [7, 11) is 0. The third kappa shape index (κ3) is 0.743. The van der Waals surface area contributed by atoms with Crippen LogP contribution in [0.3, 0.4) is 0 Å². The second-order valence-corrected chi connectivity index (χ2v) is 5.69. The SMILES string of the molecule is C1CC2C(C1)C1CC2C2COCC21. The molecule has 0 amide bonds. The molecule has 1 aliphatic heterocycles.